The number of nitrogens with one attached hydrogen (secondary N) is 1. The largest absolute Gasteiger partial charge is 0.484 e. The van der Waals surface area contributed by atoms with Crippen LogP contribution < -0.4 is 10.1 Å². The highest BCUT2D eigenvalue weighted by atomic mass is 35.5. The lowest BCUT2D eigenvalue weighted by molar-refractivity contribution is -0.143. The summed E-state index contributed by atoms with van der Waals surface area (Å²) in [6.07, 6.45) is 1.00. The van der Waals surface area contributed by atoms with Crippen LogP contribution in [0.1, 0.15) is 29.5 Å². The van der Waals surface area contributed by atoms with Gasteiger partial charge in [0.25, 0.3) is 0 Å². The van der Waals surface area contributed by atoms with Gasteiger partial charge in [0.15, 0.2) is 0 Å². The molecule has 2 aliphatic rings. The second-order valence-electron chi connectivity index (χ2n) is 6.72. The molecule has 0 saturated carbocycles. The molecule has 0 radical (unpaired) electrons. The average molecular weight is 365 g/mol. The Labute approximate surface area is 149 Å². The number of hydrogen-bond acceptors (Lipinski definition) is 5. The maximum Gasteiger partial charge on any atom is 0.323 e. The Kier molecular flexibility index (Phi) is 3.85. The number of rotatable bonds is 1. The van der Waals surface area contributed by atoms with Gasteiger partial charge in [-0.2, -0.15) is 0 Å². The van der Waals surface area contributed by atoms with Crippen LogP contribution in [0.15, 0.2) is 18.2 Å². The number of esters is 1. The van der Waals surface area contributed by atoms with Crippen molar-refractivity contribution in [2.45, 2.75) is 36.8 Å². The maximum absolute atomic E-state index is 13.7. The van der Waals surface area contributed by atoms with Crippen LogP contribution in [-0.2, 0) is 9.53 Å². The van der Waals surface area contributed by atoms with E-state index in [4.69, 9.17) is 21.1 Å². The molecule has 0 bridgehead atoms. The van der Waals surface area contributed by atoms with Crippen LogP contribution in [0.3, 0.4) is 0 Å². The van der Waals surface area contributed by atoms with Gasteiger partial charge in [0, 0.05) is 30.3 Å². The number of nitrogens with zero attached hydrogens (tertiary/aromatic N) is 1. The number of ether oxygens (including phenoxy) is 2. The number of alkyl halides is 1. The van der Waals surface area contributed by atoms with Crippen molar-refractivity contribution < 1.29 is 18.7 Å². The van der Waals surface area contributed by atoms with E-state index >= 15 is 0 Å². The Morgan fingerprint density at radius 3 is 3.04 bits per heavy atom. The Morgan fingerprint density at radius 1 is 1.48 bits per heavy atom. The summed E-state index contributed by atoms with van der Waals surface area (Å²) in [6.45, 7) is 2.35. The molecule has 1 spiro atoms. The van der Waals surface area contributed by atoms with Crippen LogP contribution >= 0.6 is 11.6 Å². The standard InChI is InChI=1S/C18H18ClFN2O3/c1-9-16-15(11-5-10(20)3-4-13(11)22-9)12(19)6-18(25-16)7-14(21-8-18)17(23)24-2/h3-5,12,14,21H,6-8H2,1-2H3/t12?,14-,18-/m0/s1. The van der Waals surface area contributed by atoms with E-state index < -0.39 is 11.6 Å². The average Bonchev–Trinajstić information content (AvgIpc) is 2.98. The molecule has 1 unspecified atom stereocenters. The Morgan fingerprint density at radius 2 is 2.28 bits per heavy atom. The number of hydrogen-bond donors (Lipinski definition) is 1. The highest BCUT2D eigenvalue weighted by Gasteiger charge is 2.49. The smallest absolute Gasteiger partial charge is 0.323 e. The van der Waals surface area contributed by atoms with Crippen LogP contribution in [0, 0.1) is 12.7 Å². The summed E-state index contributed by atoms with van der Waals surface area (Å²) in [5.74, 6) is -0.0534. The molecule has 0 aliphatic carbocycles. The first-order valence-corrected chi connectivity index (χ1v) is 8.60. The molecule has 1 N–H and O–H groups in total. The summed E-state index contributed by atoms with van der Waals surface area (Å²) >= 11 is 6.71. The molecular formula is C18H18ClFN2O3. The fraction of sp³-hybridized carbons (Fsp3) is 0.444. The molecular weight excluding hydrogens is 347 g/mol. The summed E-state index contributed by atoms with van der Waals surface area (Å²) in [5.41, 5.74) is 1.59. The molecule has 1 saturated heterocycles. The normalized spacial score (nSPS) is 28.0. The van der Waals surface area contributed by atoms with Crippen molar-refractivity contribution in [3.05, 3.63) is 35.3 Å². The minimum Gasteiger partial charge on any atom is -0.484 e. The van der Waals surface area contributed by atoms with E-state index in [9.17, 15) is 9.18 Å². The Balaban J connectivity index is 1.78. The van der Waals surface area contributed by atoms with Gasteiger partial charge in [-0.3, -0.25) is 4.79 Å². The summed E-state index contributed by atoms with van der Waals surface area (Å²) in [6, 6.07) is 4.07. The van der Waals surface area contributed by atoms with Crippen LogP contribution in [-0.4, -0.2) is 36.3 Å². The van der Waals surface area contributed by atoms with E-state index in [1.54, 1.807) is 6.07 Å². The topological polar surface area (TPSA) is 60.5 Å². The lowest BCUT2D eigenvalue weighted by Crippen LogP contribution is -2.42. The molecule has 25 heavy (non-hydrogen) atoms. The van der Waals surface area contributed by atoms with Gasteiger partial charge in [0.05, 0.1) is 23.7 Å². The van der Waals surface area contributed by atoms with E-state index in [-0.39, 0.29) is 17.2 Å². The third kappa shape index (κ3) is 2.64. The first kappa shape index (κ1) is 16.5. The molecule has 132 valence electrons. The lowest BCUT2D eigenvalue weighted by atomic mass is 9.87. The number of methoxy groups -OCH3 is 1. The van der Waals surface area contributed by atoms with Crippen molar-refractivity contribution in [3.8, 4) is 5.75 Å². The predicted octanol–water partition coefficient (Wildman–Crippen LogP) is 3.02. The van der Waals surface area contributed by atoms with Crippen LogP contribution in [0.2, 0.25) is 0 Å². The zero-order chi connectivity index (χ0) is 17.8. The van der Waals surface area contributed by atoms with Gasteiger partial charge in [-0.15, -0.1) is 11.6 Å². The van der Waals surface area contributed by atoms with Crippen molar-refractivity contribution in [2.75, 3.05) is 13.7 Å². The van der Waals surface area contributed by atoms with Crippen LogP contribution in [0.25, 0.3) is 10.9 Å². The molecule has 1 aromatic carbocycles. The number of halogens is 2. The molecule has 5 nitrogen and oxygen atoms in total. The molecule has 1 aromatic heterocycles. The van der Waals surface area contributed by atoms with Crippen LogP contribution in [0.5, 0.6) is 5.75 Å². The Bertz CT molecular complexity index is 875. The third-order valence-corrected chi connectivity index (χ3v) is 5.40. The first-order valence-electron chi connectivity index (χ1n) is 8.16. The van der Waals surface area contributed by atoms with Gasteiger partial charge in [-0.25, -0.2) is 9.37 Å². The third-order valence-electron chi connectivity index (χ3n) is 5.03. The van der Waals surface area contributed by atoms with Crippen molar-refractivity contribution in [2.24, 2.45) is 0 Å². The fourth-order valence-electron chi connectivity index (χ4n) is 3.86. The molecule has 3 heterocycles. The van der Waals surface area contributed by atoms with Crippen molar-refractivity contribution in [1.82, 2.24) is 10.3 Å². The zero-order valence-corrected chi connectivity index (χ0v) is 14.7. The minimum absolute atomic E-state index is 0.312. The number of benzene rings is 1. The van der Waals surface area contributed by atoms with E-state index in [2.05, 4.69) is 10.3 Å². The summed E-state index contributed by atoms with van der Waals surface area (Å²) in [4.78, 5) is 16.3. The van der Waals surface area contributed by atoms with E-state index in [0.717, 1.165) is 5.56 Å². The highest BCUT2D eigenvalue weighted by Crippen LogP contribution is 2.49. The van der Waals surface area contributed by atoms with Crippen molar-refractivity contribution in [3.63, 3.8) is 0 Å². The van der Waals surface area contributed by atoms with Gasteiger partial charge in [-0.1, -0.05) is 0 Å². The van der Waals surface area contributed by atoms with E-state index in [0.29, 0.717) is 41.7 Å². The van der Waals surface area contributed by atoms with Crippen LogP contribution in [0.4, 0.5) is 4.39 Å². The SMILES string of the molecule is COC(=O)[C@@H]1C[C@]2(CN1)CC(Cl)c1c(c(C)nc3ccc(F)cc13)O2. The van der Waals surface area contributed by atoms with Gasteiger partial charge in [-0.05, 0) is 25.1 Å². The molecule has 3 atom stereocenters. The lowest BCUT2D eigenvalue weighted by Gasteiger charge is -2.38. The minimum atomic E-state index is -0.592. The van der Waals surface area contributed by atoms with Gasteiger partial charge in [0.1, 0.15) is 23.2 Å². The van der Waals surface area contributed by atoms with Crippen molar-refractivity contribution >= 4 is 28.5 Å². The first-order chi connectivity index (χ1) is 11.9. The molecule has 1 fully saturated rings. The molecule has 2 aliphatic heterocycles. The number of pyridine rings is 1. The molecule has 7 heteroatoms. The van der Waals surface area contributed by atoms with Gasteiger partial charge in [0.2, 0.25) is 0 Å². The number of aromatic nitrogens is 1. The van der Waals surface area contributed by atoms with E-state index in [1.165, 1.54) is 19.2 Å². The molecule has 2 aromatic rings. The number of carbonyl (C=O) groups is 1. The highest BCUT2D eigenvalue weighted by molar-refractivity contribution is 6.22. The predicted molar refractivity (Wildman–Crippen MR) is 91.4 cm³/mol. The number of aryl methyl sites for hydroxylation is 1. The van der Waals surface area contributed by atoms with Gasteiger partial charge >= 0.3 is 5.97 Å². The van der Waals surface area contributed by atoms with E-state index in [1.807, 2.05) is 6.92 Å². The molecule has 4 rings (SSSR count). The summed E-state index contributed by atoms with van der Waals surface area (Å²) in [7, 11) is 1.37. The quantitative estimate of drug-likeness (QED) is 0.622. The maximum atomic E-state index is 13.7. The van der Waals surface area contributed by atoms with Crippen molar-refractivity contribution in [1.29, 1.82) is 0 Å². The summed E-state index contributed by atoms with van der Waals surface area (Å²) in [5, 5.41) is 3.46. The monoisotopic (exact) mass is 364 g/mol. The molecule has 0 amide bonds. The zero-order valence-electron chi connectivity index (χ0n) is 13.9. The number of carbonyl (C=O) groups excluding carboxylic acids is 1. The Hall–Kier alpha value is -1.92. The number of fused-ring (bicyclic) bond motifs is 3. The second kappa shape index (κ2) is 5.81. The van der Waals surface area contributed by atoms with Gasteiger partial charge < -0.3 is 14.8 Å². The summed E-state index contributed by atoms with van der Waals surface area (Å²) < 4.78 is 24.9. The fourth-order valence-corrected chi connectivity index (χ4v) is 4.36. The second-order valence-corrected chi connectivity index (χ2v) is 7.25.